The molecule has 1 fully saturated rings. The van der Waals surface area contributed by atoms with Crippen molar-refractivity contribution in [2.45, 2.75) is 65.6 Å². The number of carbonyl (C=O) groups is 1. The molecule has 7 heteroatoms. The summed E-state index contributed by atoms with van der Waals surface area (Å²) in [5, 5.41) is 2.95. The summed E-state index contributed by atoms with van der Waals surface area (Å²) >= 11 is 0. The van der Waals surface area contributed by atoms with Crippen molar-refractivity contribution in [2.24, 2.45) is 0 Å². The van der Waals surface area contributed by atoms with Crippen LogP contribution in [0.15, 0.2) is 42.5 Å². The van der Waals surface area contributed by atoms with Crippen LogP contribution in [0.4, 0.5) is 5.69 Å². The van der Waals surface area contributed by atoms with Crippen LogP contribution < -0.4 is 9.62 Å². The zero-order valence-corrected chi connectivity index (χ0v) is 21.1. The number of anilines is 1. The van der Waals surface area contributed by atoms with Gasteiger partial charge in [0.2, 0.25) is 15.9 Å². The van der Waals surface area contributed by atoms with Crippen LogP contribution in [0.1, 0.15) is 54.9 Å². The van der Waals surface area contributed by atoms with E-state index in [2.05, 4.69) is 22.3 Å². The molecule has 1 N–H and O–H groups in total. The number of hydrogen-bond donors (Lipinski definition) is 1. The van der Waals surface area contributed by atoms with Gasteiger partial charge in [0.25, 0.3) is 0 Å². The Labute approximate surface area is 199 Å². The Bertz CT molecular complexity index is 1020. The van der Waals surface area contributed by atoms with Gasteiger partial charge in [0.1, 0.15) is 6.04 Å². The minimum Gasteiger partial charge on any atom is -0.350 e. The van der Waals surface area contributed by atoms with E-state index in [9.17, 15) is 13.2 Å². The highest BCUT2D eigenvalue weighted by atomic mass is 32.2. The summed E-state index contributed by atoms with van der Waals surface area (Å²) in [6.07, 6.45) is 5.40. The fourth-order valence-electron chi connectivity index (χ4n) is 4.58. The van der Waals surface area contributed by atoms with Crippen LogP contribution in [0.5, 0.6) is 0 Å². The summed E-state index contributed by atoms with van der Waals surface area (Å²) in [6, 6.07) is 13.1. The number of nitrogens with zero attached hydrogens (tertiary/aromatic N) is 2. The van der Waals surface area contributed by atoms with E-state index < -0.39 is 16.1 Å². The number of likely N-dealkylation sites (tertiary alicyclic amines) is 1. The van der Waals surface area contributed by atoms with E-state index in [0.29, 0.717) is 18.7 Å². The number of piperidine rings is 1. The third-order valence-corrected chi connectivity index (χ3v) is 7.32. The second-order valence-electron chi connectivity index (χ2n) is 9.20. The van der Waals surface area contributed by atoms with Gasteiger partial charge in [-0.3, -0.25) is 14.0 Å². The lowest BCUT2D eigenvalue weighted by Gasteiger charge is -2.30. The van der Waals surface area contributed by atoms with Crippen LogP contribution in [-0.2, 0) is 27.9 Å². The molecule has 0 aliphatic carbocycles. The van der Waals surface area contributed by atoms with E-state index >= 15 is 0 Å². The lowest BCUT2D eigenvalue weighted by atomic mass is 10.1. The molecule has 3 rings (SSSR count). The largest absolute Gasteiger partial charge is 0.350 e. The van der Waals surface area contributed by atoms with Crippen LogP contribution in [0.2, 0.25) is 0 Å². The van der Waals surface area contributed by atoms with Crippen molar-refractivity contribution in [1.82, 2.24) is 10.2 Å². The van der Waals surface area contributed by atoms with Crippen molar-refractivity contribution >= 4 is 21.6 Å². The standard InChI is InChI=1S/C26H37N3O3S/c1-5-25(29(33(4,31)32)24-16-20(2)15-21(3)17-24)26(30)27-18-22-9-11-23(12-10-22)19-28-13-7-6-8-14-28/h9-12,15-17,25H,5-8,13-14,18-19H2,1-4H3,(H,27,30). The normalized spacial score (nSPS) is 15.8. The number of benzene rings is 2. The smallest absolute Gasteiger partial charge is 0.244 e. The molecule has 33 heavy (non-hydrogen) atoms. The summed E-state index contributed by atoms with van der Waals surface area (Å²) in [4.78, 5) is 15.6. The fourth-order valence-corrected chi connectivity index (χ4v) is 5.78. The van der Waals surface area contributed by atoms with Gasteiger partial charge >= 0.3 is 0 Å². The predicted molar refractivity (Wildman–Crippen MR) is 135 cm³/mol. The molecule has 0 spiro atoms. The number of rotatable bonds is 9. The fraction of sp³-hybridized carbons (Fsp3) is 0.500. The summed E-state index contributed by atoms with van der Waals surface area (Å²) in [6.45, 7) is 9.33. The van der Waals surface area contributed by atoms with Crippen molar-refractivity contribution < 1.29 is 13.2 Å². The molecule has 2 aromatic rings. The molecule has 6 nitrogen and oxygen atoms in total. The SMILES string of the molecule is CCC(C(=O)NCc1ccc(CN2CCCCC2)cc1)N(c1cc(C)cc(C)c1)S(C)(=O)=O. The summed E-state index contributed by atoms with van der Waals surface area (Å²) in [5.74, 6) is -0.292. The quantitative estimate of drug-likeness (QED) is 0.597. The summed E-state index contributed by atoms with van der Waals surface area (Å²) < 4.78 is 26.6. The van der Waals surface area contributed by atoms with Crippen LogP contribution in [0, 0.1) is 13.8 Å². The van der Waals surface area contributed by atoms with E-state index in [-0.39, 0.29) is 5.91 Å². The van der Waals surface area contributed by atoms with Gasteiger partial charge in [-0.1, -0.05) is 43.7 Å². The van der Waals surface area contributed by atoms with Gasteiger partial charge < -0.3 is 5.32 Å². The van der Waals surface area contributed by atoms with Gasteiger partial charge in [0.15, 0.2) is 0 Å². The average Bonchev–Trinajstić information content (AvgIpc) is 2.75. The van der Waals surface area contributed by atoms with Gasteiger partial charge in [0, 0.05) is 13.1 Å². The predicted octanol–water partition coefficient (Wildman–Crippen LogP) is 4.15. The third-order valence-electron chi connectivity index (χ3n) is 6.14. The van der Waals surface area contributed by atoms with Crippen molar-refractivity contribution in [3.8, 4) is 0 Å². The molecular formula is C26H37N3O3S. The highest BCUT2D eigenvalue weighted by Gasteiger charge is 2.31. The zero-order chi connectivity index (χ0) is 24.0. The number of carbonyl (C=O) groups excluding carboxylic acids is 1. The second-order valence-corrected chi connectivity index (χ2v) is 11.1. The van der Waals surface area contributed by atoms with Crippen molar-refractivity contribution in [1.29, 1.82) is 0 Å². The van der Waals surface area contributed by atoms with E-state index in [1.165, 1.54) is 29.1 Å². The highest BCUT2D eigenvalue weighted by molar-refractivity contribution is 7.92. The number of sulfonamides is 1. The summed E-state index contributed by atoms with van der Waals surface area (Å²) in [5.41, 5.74) is 4.71. The lowest BCUT2D eigenvalue weighted by Crippen LogP contribution is -2.49. The monoisotopic (exact) mass is 471 g/mol. The molecule has 2 aromatic carbocycles. The second kappa shape index (κ2) is 11.2. The average molecular weight is 472 g/mol. The van der Waals surface area contributed by atoms with Gasteiger partial charge in [-0.2, -0.15) is 0 Å². The number of aryl methyl sites for hydroxylation is 2. The molecule has 1 atom stereocenters. The van der Waals surface area contributed by atoms with Crippen molar-refractivity contribution in [3.63, 3.8) is 0 Å². The third kappa shape index (κ3) is 7.05. The number of amides is 1. The Hall–Kier alpha value is -2.38. The topological polar surface area (TPSA) is 69.7 Å². The first-order valence-electron chi connectivity index (χ1n) is 11.8. The Morgan fingerprint density at radius 1 is 1.00 bits per heavy atom. The van der Waals surface area contributed by atoms with E-state index in [1.54, 1.807) is 0 Å². The van der Waals surface area contributed by atoms with E-state index in [1.807, 2.05) is 51.1 Å². The molecule has 1 saturated heterocycles. The lowest BCUT2D eigenvalue weighted by molar-refractivity contribution is -0.122. The van der Waals surface area contributed by atoms with Crippen molar-refractivity contribution in [3.05, 3.63) is 64.7 Å². The van der Waals surface area contributed by atoms with Crippen molar-refractivity contribution in [2.75, 3.05) is 23.7 Å². The maximum Gasteiger partial charge on any atom is 0.244 e. The van der Waals surface area contributed by atoms with E-state index in [4.69, 9.17) is 0 Å². The van der Waals surface area contributed by atoms with Gasteiger partial charge in [-0.15, -0.1) is 0 Å². The molecule has 0 aromatic heterocycles. The number of nitrogens with one attached hydrogen (secondary N) is 1. The Morgan fingerprint density at radius 3 is 2.12 bits per heavy atom. The Balaban J connectivity index is 1.67. The molecule has 1 aliphatic rings. The first kappa shape index (κ1) is 25.2. The summed E-state index contributed by atoms with van der Waals surface area (Å²) in [7, 11) is -3.64. The molecule has 1 heterocycles. The first-order chi connectivity index (χ1) is 15.7. The Kier molecular flexibility index (Phi) is 8.54. The maximum absolute atomic E-state index is 13.1. The van der Waals surface area contributed by atoms with Gasteiger partial charge in [0.05, 0.1) is 11.9 Å². The maximum atomic E-state index is 13.1. The van der Waals surface area contributed by atoms with Gasteiger partial charge in [-0.25, -0.2) is 8.42 Å². The minimum absolute atomic E-state index is 0.292. The minimum atomic E-state index is -3.64. The number of hydrogen-bond acceptors (Lipinski definition) is 4. The van der Waals surface area contributed by atoms with Crippen LogP contribution in [0.25, 0.3) is 0 Å². The molecule has 1 aliphatic heterocycles. The van der Waals surface area contributed by atoms with Crippen LogP contribution in [0.3, 0.4) is 0 Å². The molecule has 0 radical (unpaired) electrons. The zero-order valence-electron chi connectivity index (χ0n) is 20.3. The van der Waals surface area contributed by atoms with E-state index in [0.717, 1.165) is 42.6 Å². The molecule has 180 valence electrons. The Morgan fingerprint density at radius 2 is 1.58 bits per heavy atom. The molecule has 0 bridgehead atoms. The van der Waals surface area contributed by atoms with Crippen LogP contribution >= 0.6 is 0 Å². The molecule has 1 amide bonds. The molecule has 1 unspecified atom stereocenters. The first-order valence-corrected chi connectivity index (χ1v) is 13.7. The molecular weight excluding hydrogens is 434 g/mol. The van der Waals surface area contributed by atoms with Crippen LogP contribution in [-0.4, -0.2) is 44.6 Å². The highest BCUT2D eigenvalue weighted by Crippen LogP contribution is 2.25. The van der Waals surface area contributed by atoms with Gasteiger partial charge in [-0.05, 0) is 80.6 Å². The molecule has 0 saturated carbocycles.